The van der Waals surface area contributed by atoms with Crippen LogP contribution in [-0.2, 0) is 23.9 Å². The molecule has 0 aliphatic heterocycles. The van der Waals surface area contributed by atoms with E-state index >= 15 is 0 Å². The molecular weight excluding hydrogens is 678 g/mol. The van der Waals surface area contributed by atoms with E-state index in [4.69, 9.17) is 9.84 Å². The van der Waals surface area contributed by atoms with E-state index in [1.165, 1.54) is 4.88 Å². The molecule has 7 nitrogen and oxygen atoms in total. The third kappa shape index (κ3) is 8.02. The van der Waals surface area contributed by atoms with E-state index in [0.717, 1.165) is 61.6 Å². The van der Waals surface area contributed by atoms with Crippen molar-refractivity contribution in [2.45, 2.75) is 143 Å². The molecule has 1 aromatic heterocycles. The van der Waals surface area contributed by atoms with Gasteiger partial charge in [-0.05, 0) is 126 Å². The van der Waals surface area contributed by atoms with E-state index in [1.807, 2.05) is 6.07 Å². The number of hydrogen-bond donors (Lipinski definition) is 2. The normalized spacial score (nSPS) is 34.4. The number of aliphatic carboxylic acids is 1. The molecule has 4 saturated carbocycles. The molecule has 1 amide bonds. The molecule has 9 heteroatoms. The fourth-order valence-corrected chi connectivity index (χ4v) is 12.3. The van der Waals surface area contributed by atoms with Crippen molar-refractivity contribution in [1.82, 2.24) is 5.32 Å². The molecular formula is C38H56BrNO6S. The number of carboxylic acid groups (broad SMARTS) is 1. The van der Waals surface area contributed by atoms with Gasteiger partial charge in [-0.3, -0.25) is 19.2 Å². The minimum atomic E-state index is -0.774. The molecule has 0 radical (unpaired) electrons. The van der Waals surface area contributed by atoms with Crippen molar-refractivity contribution in [3.63, 3.8) is 0 Å². The molecule has 4 fully saturated rings. The van der Waals surface area contributed by atoms with E-state index in [-0.39, 0.29) is 59.0 Å². The van der Waals surface area contributed by atoms with Crippen LogP contribution in [0.5, 0.6) is 0 Å². The number of carbonyl (C=O) groups excluding carboxylic acids is 3. The number of halogens is 1. The quantitative estimate of drug-likeness (QED) is 0.146. The second-order valence-electron chi connectivity index (χ2n) is 15.9. The van der Waals surface area contributed by atoms with E-state index in [9.17, 15) is 19.2 Å². The standard InChI is InChI=1S/C38H56BrNO6S/c1-5-29(31-14-15-32(39)47-31)40-33(42)20-23(2)26-12-13-27-36-28(17-19-38(26,27)4)37(3)18-16-25(41)21-24(37)22-30(36)46-35(45)11-9-7-6-8-10-34(43)44/h14-15,23-24,26-30,36H,5-13,16-22H2,1-4H3,(H,40,42)(H,43,44)/t23-,24+,26-,27+,28+,29-,30-,36+,37+,38-/m1/s1. The van der Waals surface area contributed by atoms with Gasteiger partial charge in [0.25, 0.3) is 0 Å². The number of amides is 1. The number of rotatable bonds is 14. The van der Waals surface area contributed by atoms with Crippen LogP contribution < -0.4 is 5.32 Å². The number of thiophene rings is 1. The zero-order valence-electron chi connectivity index (χ0n) is 28.9. The Hall–Kier alpha value is -1.74. The van der Waals surface area contributed by atoms with Crippen LogP contribution in [-0.4, -0.2) is 34.8 Å². The van der Waals surface area contributed by atoms with Crippen molar-refractivity contribution in [2.24, 2.45) is 46.3 Å². The first kappa shape index (κ1) is 36.5. The molecule has 1 aromatic rings. The molecule has 0 aromatic carbocycles. The van der Waals surface area contributed by atoms with Gasteiger partial charge in [0, 0.05) is 42.9 Å². The Bertz CT molecular complexity index is 1300. The maximum Gasteiger partial charge on any atom is 0.306 e. The van der Waals surface area contributed by atoms with Crippen LogP contribution in [0, 0.1) is 46.3 Å². The van der Waals surface area contributed by atoms with Gasteiger partial charge >= 0.3 is 11.9 Å². The van der Waals surface area contributed by atoms with Crippen molar-refractivity contribution in [3.05, 3.63) is 20.8 Å². The summed E-state index contributed by atoms with van der Waals surface area (Å²) in [5, 5.41) is 12.2. The highest BCUT2D eigenvalue weighted by atomic mass is 79.9. The van der Waals surface area contributed by atoms with Crippen LogP contribution in [0.25, 0.3) is 0 Å². The predicted molar refractivity (Wildman–Crippen MR) is 188 cm³/mol. The number of unbranched alkanes of at least 4 members (excludes halogenated alkanes) is 3. The van der Waals surface area contributed by atoms with Crippen LogP contribution in [0.2, 0.25) is 0 Å². The maximum absolute atomic E-state index is 13.4. The van der Waals surface area contributed by atoms with Gasteiger partial charge < -0.3 is 15.2 Å². The van der Waals surface area contributed by atoms with Gasteiger partial charge in [-0.25, -0.2) is 0 Å². The lowest BCUT2D eigenvalue weighted by Gasteiger charge is -2.62. The summed E-state index contributed by atoms with van der Waals surface area (Å²) >= 11 is 5.23. The highest BCUT2D eigenvalue weighted by Crippen LogP contribution is 2.68. The van der Waals surface area contributed by atoms with Gasteiger partial charge in [-0.2, -0.15) is 0 Å². The molecule has 0 spiro atoms. The molecule has 4 aliphatic carbocycles. The summed E-state index contributed by atoms with van der Waals surface area (Å²) in [7, 11) is 0. The number of nitrogens with one attached hydrogen (secondary N) is 1. The van der Waals surface area contributed by atoms with Crippen molar-refractivity contribution < 1.29 is 29.0 Å². The Kier molecular flexibility index (Phi) is 12.0. The number of fused-ring (bicyclic) bond motifs is 5. The lowest BCUT2D eigenvalue weighted by atomic mass is 9.43. The number of ketones is 1. The smallest absolute Gasteiger partial charge is 0.306 e. The lowest BCUT2D eigenvalue weighted by Crippen LogP contribution is -2.59. The Morgan fingerprint density at radius 3 is 2.45 bits per heavy atom. The van der Waals surface area contributed by atoms with Gasteiger partial charge in [-0.15, -0.1) is 11.3 Å². The first-order valence-corrected chi connectivity index (χ1v) is 19.9. The summed E-state index contributed by atoms with van der Waals surface area (Å²) in [6.45, 7) is 9.28. The van der Waals surface area contributed by atoms with Crippen molar-refractivity contribution in [2.75, 3.05) is 0 Å². The van der Waals surface area contributed by atoms with Gasteiger partial charge in [-0.1, -0.05) is 40.5 Å². The van der Waals surface area contributed by atoms with Crippen molar-refractivity contribution in [1.29, 1.82) is 0 Å². The first-order chi connectivity index (χ1) is 22.4. The number of carbonyl (C=O) groups is 4. The third-order valence-electron chi connectivity index (χ3n) is 13.2. The Labute approximate surface area is 293 Å². The van der Waals surface area contributed by atoms with Gasteiger partial charge in [0.15, 0.2) is 0 Å². The largest absolute Gasteiger partial charge is 0.481 e. The number of carboxylic acids is 1. The van der Waals surface area contributed by atoms with Crippen LogP contribution in [0.4, 0.5) is 0 Å². The maximum atomic E-state index is 13.4. The molecule has 4 aliphatic rings. The van der Waals surface area contributed by atoms with Crippen LogP contribution in [0.1, 0.15) is 141 Å². The van der Waals surface area contributed by atoms with E-state index in [2.05, 4.69) is 55.0 Å². The van der Waals surface area contributed by atoms with Crippen LogP contribution >= 0.6 is 27.3 Å². The highest BCUT2D eigenvalue weighted by molar-refractivity contribution is 9.11. The first-order valence-electron chi connectivity index (χ1n) is 18.3. The average Bonchev–Trinajstić information content (AvgIpc) is 3.61. The van der Waals surface area contributed by atoms with Gasteiger partial charge in [0.1, 0.15) is 11.9 Å². The fraction of sp³-hybridized carbons (Fsp3) is 0.789. The number of ether oxygens (including phenoxy) is 1. The summed E-state index contributed by atoms with van der Waals surface area (Å²) in [6, 6.07) is 4.17. The molecule has 262 valence electrons. The van der Waals surface area contributed by atoms with Crippen molar-refractivity contribution in [3.8, 4) is 0 Å². The minimum absolute atomic E-state index is 0.0341. The van der Waals surface area contributed by atoms with Gasteiger partial charge in [0.05, 0.1) is 9.83 Å². The number of hydrogen-bond acceptors (Lipinski definition) is 6. The topological polar surface area (TPSA) is 110 Å². The zero-order chi connectivity index (χ0) is 33.9. The Morgan fingerprint density at radius 2 is 1.77 bits per heavy atom. The average molecular weight is 735 g/mol. The van der Waals surface area contributed by atoms with E-state index < -0.39 is 5.97 Å². The molecule has 1 heterocycles. The predicted octanol–water partition coefficient (Wildman–Crippen LogP) is 9.28. The van der Waals surface area contributed by atoms with Crippen LogP contribution in [0.3, 0.4) is 0 Å². The highest BCUT2D eigenvalue weighted by Gasteiger charge is 2.64. The molecule has 5 rings (SSSR count). The lowest BCUT2D eigenvalue weighted by molar-refractivity contribution is -0.191. The Balaban J connectivity index is 1.27. The van der Waals surface area contributed by atoms with E-state index in [0.29, 0.717) is 62.1 Å². The zero-order valence-corrected chi connectivity index (χ0v) is 31.3. The number of esters is 1. The molecule has 0 bridgehead atoms. The summed E-state index contributed by atoms with van der Waals surface area (Å²) < 4.78 is 7.51. The third-order valence-corrected chi connectivity index (χ3v) is 15.0. The summed E-state index contributed by atoms with van der Waals surface area (Å²) in [6.07, 6.45) is 12.1. The van der Waals surface area contributed by atoms with Gasteiger partial charge in [0.2, 0.25) is 5.91 Å². The second-order valence-corrected chi connectivity index (χ2v) is 18.4. The molecule has 0 saturated heterocycles. The Morgan fingerprint density at radius 1 is 1.04 bits per heavy atom. The van der Waals surface area contributed by atoms with Crippen molar-refractivity contribution >= 4 is 50.9 Å². The molecule has 47 heavy (non-hydrogen) atoms. The SMILES string of the molecule is CC[C@@H](NC(=O)C[C@@H](C)[C@H]1CC[C@H]2[C@@H]3[C@H](OC(=O)CCCCCCC(=O)O)C[C@@H]4CC(=O)CC[C@]4(C)[C@H]3CC[C@]12C)c1ccc(Br)s1. The summed E-state index contributed by atoms with van der Waals surface area (Å²) in [5.41, 5.74) is 0.189. The molecule has 2 N–H and O–H groups in total. The summed E-state index contributed by atoms with van der Waals surface area (Å²) in [5.74, 6) is 1.69. The molecule has 10 atom stereocenters. The van der Waals surface area contributed by atoms with E-state index in [1.54, 1.807) is 11.3 Å². The fourth-order valence-electron chi connectivity index (χ4n) is 10.8. The minimum Gasteiger partial charge on any atom is -0.481 e. The summed E-state index contributed by atoms with van der Waals surface area (Å²) in [4.78, 5) is 51.3. The monoisotopic (exact) mass is 733 g/mol. The van der Waals surface area contributed by atoms with Crippen LogP contribution in [0.15, 0.2) is 15.9 Å². The second kappa shape index (κ2) is 15.4. The molecule has 0 unspecified atom stereocenters. The number of Topliss-reactive ketones (excluding diaryl/α,β-unsaturated/α-hetero) is 1.